The van der Waals surface area contributed by atoms with Crippen LogP contribution in [-0.4, -0.2) is 33.9 Å². The van der Waals surface area contributed by atoms with Gasteiger partial charge in [0.05, 0.1) is 11.9 Å². The first-order chi connectivity index (χ1) is 12.3. The van der Waals surface area contributed by atoms with Crippen LogP contribution in [0.5, 0.6) is 11.5 Å². The quantitative estimate of drug-likeness (QED) is 0.831. The largest absolute Gasteiger partial charge is 0.454 e. The molecule has 0 unspecified atom stereocenters. The minimum atomic E-state index is -3.64. The van der Waals surface area contributed by atoms with Crippen LogP contribution in [0.4, 0.5) is 5.69 Å². The van der Waals surface area contributed by atoms with E-state index < -0.39 is 15.9 Å². The summed E-state index contributed by atoms with van der Waals surface area (Å²) in [6.45, 7) is 2.09. The second kappa shape index (κ2) is 7.25. The Bertz CT molecular complexity index is 910. The summed E-state index contributed by atoms with van der Waals surface area (Å²) in [5.74, 6) is 0.607. The number of ether oxygens (including phenoxy) is 2. The van der Waals surface area contributed by atoms with Gasteiger partial charge in [-0.1, -0.05) is 29.8 Å². The molecule has 1 aliphatic heterocycles. The van der Waals surface area contributed by atoms with Gasteiger partial charge in [0, 0.05) is 12.6 Å². The third-order valence-corrected chi connectivity index (χ3v) is 5.08. The molecule has 3 rings (SSSR count). The lowest BCUT2D eigenvalue weighted by Crippen LogP contribution is -2.40. The van der Waals surface area contributed by atoms with Crippen LogP contribution in [0.2, 0.25) is 0 Å². The monoisotopic (exact) mass is 376 g/mol. The molecule has 2 aromatic carbocycles. The number of nitrogens with zero attached hydrogens (tertiary/aromatic N) is 1. The predicted molar refractivity (Wildman–Crippen MR) is 97.8 cm³/mol. The lowest BCUT2D eigenvalue weighted by Gasteiger charge is -2.22. The van der Waals surface area contributed by atoms with Crippen molar-refractivity contribution in [3.8, 4) is 11.5 Å². The fraction of sp³-hybridized carbons (Fsp3) is 0.278. The van der Waals surface area contributed by atoms with Gasteiger partial charge in [-0.15, -0.1) is 0 Å². The molecule has 0 aliphatic carbocycles. The molecular weight excluding hydrogens is 356 g/mol. The first-order valence-corrected chi connectivity index (χ1v) is 9.87. The number of rotatable bonds is 6. The molecule has 1 amide bonds. The molecule has 0 atom stereocenters. The number of carbonyl (C=O) groups excluding carboxylic acids is 1. The van der Waals surface area contributed by atoms with Gasteiger partial charge in [-0.2, -0.15) is 0 Å². The smallest absolute Gasteiger partial charge is 0.241 e. The summed E-state index contributed by atoms with van der Waals surface area (Å²) in [7, 11) is -3.64. The van der Waals surface area contributed by atoms with Crippen LogP contribution >= 0.6 is 0 Å². The summed E-state index contributed by atoms with van der Waals surface area (Å²) >= 11 is 0. The van der Waals surface area contributed by atoms with E-state index >= 15 is 0 Å². The van der Waals surface area contributed by atoms with Gasteiger partial charge < -0.3 is 14.8 Å². The molecule has 0 fully saturated rings. The average molecular weight is 376 g/mol. The Labute approximate surface area is 152 Å². The number of carbonyl (C=O) groups is 1. The maximum Gasteiger partial charge on any atom is 0.241 e. The van der Waals surface area contributed by atoms with Gasteiger partial charge in [-0.05, 0) is 24.6 Å². The highest BCUT2D eigenvalue weighted by molar-refractivity contribution is 7.92. The number of benzene rings is 2. The van der Waals surface area contributed by atoms with Gasteiger partial charge in [0.1, 0.15) is 6.54 Å². The Morgan fingerprint density at radius 3 is 2.50 bits per heavy atom. The third kappa shape index (κ3) is 4.26. The molecule has 1 heterocycles. The van der Waals surface area contributed by atoms with Crippen LogP contribution in [0.1, 0.15) is 11.1 Å². The first kappa shape index (κ1) is 18.1. The van der Waals surface area contributed by atoms with Gasteiger partial charge in [-0.3, -0.25) is 9.10 Å². The summed E-state index contributed by atoms with van der Waals surface area (Å²) < 4.78 is 35.9. The molecule has 0 aromatic heterocycles. The second-order valence-corrected chi connectivity index (χ2v) is 7.98. The van der Waals surface area contributed by atoms with Crippen LogP contribution in [0.25, 0.3) is 0 Å². The molecule has 1 N–H and O–H groups in total. The molecule has 0 bridgehead atoms. The molecule has 138 valence electrons. The normalized spacial score (nSPS) is 12.7. The van der Waals surface area contributed by atoms with E-state index in [9.17, 15) is 13.2 Å². The highest BCUT2D eigenvalue weighted by atomic mass is 32.2. The van der Waals surface area contributed by atoms with Crippen LogP contribution < -0.4 is 19.1 Å². The fourth-order valence-electron chi connectivity index (χ4n) is 2.53. The minimum absolute atomic E-state index is 0.0920. The zero-order valence-corrected chi connectivity index (χ0v) is 15.4. The van der Waals surface area contributed by atoms with Gasteiger partial charge in [0.25, 0.3) is 0 Å². The van der Waals surface area contributed by atoms with Crippen molar-refractivity contribution in [1.29, 1.82) is 0 Å². The molecule has 0 saturated carbocycles. The fourth-order valence-corrected chi connectivity index (χ4v) is 3.38. The molecule has 0 saturated heterocycles. The maximum atomic E-state index is 12.3. The van der Waals surface area contributed by atoms with E-state index in [0.717, 1.165) is 21.7 Å². The topological polar surface area (TPSA) is 84.9 Å². The summed E-state index contributed by atoms with van der Waals surface area (Å²) in [5, 5.41) is 2.74. The van der Waals surface area contributed by atoms with Crippen molar-refractivity contribution in [2.75, 3.05) is 23.9 Å². The van der Waals surface area contributed by atoms with Crippen LogP contribution in [-0.2, 0) is 21.4 Å². The minimum Gasteiger partial charge on any atom is -0.454 e. The average Bonchev–Trinajstić information content (AvgIpc) is 3.06. The van der Waals surface area contributed by atoms with Crippen LogP contribution in [0, 0.1) is 6.92 Å². The summed E-state index contributed by atoms with van der Waals surface area (Å²) in [4.78, 5) is 12.3. The van der Waals surface area contributed by atoms with Gasteiger partial charge in [0.2, 0.25) is 22.7 Å². The van der Waals surface area contributed by atoms with E-state index in [0.29, 0.717) is 23.7 Å². The molecule has 8 heteroatoms. The predicted octanol–water partition coefficient (Wildman–Crippen LogP) is 1.81. The van der Waals surface area contributed by atoms with Crippen molar-refractivity contribution in [1.82, 2.24) is 5.32 Å². The standard InChI is InChI=1S/C18H20N2O5S/c1-13-3-5-14(6-4-13)10-19-18(21)11-20(26(2,22)23)15-7-8-16-17(9-15)25-12-24-16/h3-9H,10-12H2,1-2H3,(H,19,21). The van der Waals surface area contributed by atoms with Gasteiger partial charge in [0.15, 0.2) is 11.5 Å². The Balaban J connectivity index is 1.70. The molecule has 26 heavy (non-hydrogen) atoms. The lowest BCUT2D eigenvalue weighted by atomic mass is 10.1. The van der Waals surface area contributed by atoms with E-state index in [2.05, 4.69) is 5.32 Å². The highest BCUT2D eigenvalue weighted by Gasteiger charge is 2.23. The number of aryl methyl sites for hydroxylation is 1. The SMILES string of the molecule is Cc1ccc(CNC(=O)CN(c2ccc3c(c2)OCO3)S(C)(=O)=O)cc1. The van der Waals surface area contributed by atoms with Gasteiger partial charge in [-0.25, -0.2) is 8.42 Å². The lowest BCUT2D eigenvalue weighted by molar-refractivity contribution is -0.119. The molecular formula is C18H20N2O5S. The second-order valence-electron chi connectivity index (χ2n) is 6.07. The van der Waals surface area contributed by atoms with Crippen molar-refractivity contribution in [2.45, 2.75) is 13.5 Å². The first-order valence-electron chi connectivity index (χ1n) is 8.02. The highest BCUT2D eigenvalue weighted by Crippen LogP contribution is 2.36. The zero-order valence-electron chi connectivity index (χ0n) is 14.6. The molecule has 2 aromatic rings. The zero-order chi connectivity index (χ0) is 18.7. The number of fused-ring (bicyclic) bond motifs is 1. The van der Waals surface area contributed by atoms with Crippen molar-refractivity contribution in [3.63, 3.8) is 0 Å². The molecule has 0 spiro atoms. The van der Waals surface area contributed by atoms with Crippen LogP contribution in [0.3, 0.4) is 0 Å². The van der Waals surface area contributed by atoms with Crippen molar-refractivity contribution >= 4 is 21.6 Å². The van der Waals surface area contributed by atoms with Crippen molar-refractivity contribution in [2.24, 2.45) is 0 Å². The van der Waals surface area contributed by atoms with Crippen molar-refractivity contribution < 1.29 is 22.7 Å². The summed E-state index contributed by atoms with van der Waals surface area (Å²) in [6.07, 6.45) is 1.06. The maximum absolute atomic E-state index is 12.3. The Morgan fingerprint density at radius 2 is 1.81 bits per heavy atom. The molecule has 1 aliphatic rings. The van der Waals surface area contributed by atoms with E-state index in [1.54, 1.807) is 18.2 Å². The van der Waals surface area contributed by atoms with Crippen LogP contribution in [0.15, 0.2) is 42.5 Å². The number of nitrogens with one attached hydrogen (secondary N) is 1. The van der Waals surface area contributed by atoms with E-state index in [1.807, 2.05) is 31.2 Å². The van der Waals surface area contributed by atoms with E-state index in [4.69, 9.17) is 9.47 Å². The Morgan fingerprint density at radius 1 is 1.12 bits per heavy atom. The van der Waals surface area contributed by atoms with Crippen molar-refractivity contribution in [3.05, 3.63) is 53.6 Å². The molecule has 7 nitrogen and oxygen atoms in total. The van der Waals surface area contributed by atoms with E-state index in [1.165, 1.54) is 0 Å². The van der Waals surface area contributed by atoms with Gasteiger partial charge >= 0.3 is 0 Å². The summed E-state index contributed by atoms with van der Waals surface area (Å²) in [6, 6.07) is 12.5. The number of anilines is 1. The number of sulfonamides is 1. The Hall–Kier alpha value is -2.74. The Kier molecular flexibility index (Phi) is 5.03. The third-order valence-electron chi connectivity index (χ3n) is 3.94. The molecule has 0 radical (unpaired) electrons. The number of hydrogen-bond acceptors (Lipinski definition) is 5. The van der Waals surface area contributed by atoms with E-state index in [-0.39, 0.29) is 13.3 Å². The number of amides is 1. The summed E-state index contributed by atoms with van der Waals surface area (Å²) in [5.41, 5.74) is 2.42. The number of hydrogen-bond donors (Lipinski definition) is 1.